The lowest BCUT2D eigenvalue weighted by Gasteiger charge is -2.05. The van der Waals surface area contributed by atoms with Crippen molar-refractivity contribution in [2.45, 2.75) is 59.8 Å². The van der Waals surface area contributed by atoms with Crippen molar-refractivity contribution < 1.29 is 4.36 Å². The molecule has 4 nitrogen and oxygen atoms in total. The summed E-state index contributed by atoms with van der Waals surface area (Å²) in [7, 11) is 0. The van der Waals surface area contributed by atoms with Crippen LogP contribution in [0.25, 0.3) is 23.7 Å². The molecule has 3 heterocycles. The maximum Gasteiger partial charge on any atom is 0.242 e. The normalized spacial score (nSPS) is 12.2. The summed E-state index contributed by atoms with van der Waals surface area (Å²) in [6.45, 7) is 10.4. The quantitative estimate of drug-likeness (QED) is 0.323. The second-order valence-electron chi connectivity index (χ2n) is 8.40. The lowest BCUT2D eigenvalue weighted by Crippen LogP contribution is -2.24. The number of aromatic nitrogens is 2. The van der Waals surface area contributed by atoms with E-state index < -0.39 is 0 Å². The third kappa shape index (κ3) is 5.31. The van der Waals surface area contributed by atoms with E-state index in [1.165, 1.54) is 65.0 Å². The molecule has 2 aromatic heterocycles. The van der Waals surface area contributed by atoms with Gasteiger partial charge in [0, 0.05) is 24.4 Å². The molecule has 0 fully saturated rings. The van der Waals surface area contributed by atoms with E-state index in [1.807, 2.05) is 0 Å². The van der Waals surface area contributed by atoms with Gasteiger partial charge in [0.2, 0.25) is 11.9 Å². The van der Waals surface area contributed by atoms with E-state index in [2.05, 4.69) is 103 Å². The number of hydrogen-bond donors (Lipinski definition) is 2. The number of aryl methyl sites for hydroxylation is 1. The van der Waals surface area contributed by atoms with E-state index in [0.29, 0.717) is 6.54 Å². The Kier molecular flexibility index (Phi) is 8.69. The molecular formula is C28H39N4+. The van der Waals surface area contributed by atoms with Gasteiger partial charge in [0.1, 0.15) is 11.2 Å². The molecule has 1 aromatic carbocycles. The second kappa shape index (κ2) is 11.7. The van der Waals surface area contributed by atoms with Crippen LogP contribution in [0.2, 0.25) is 0 Å². The molecule has 0 amide bonds. The number of hydrogen-bond acceptors (Lipinski definition) is 2. The Morgan fingerprint density at radius 3 is 2.44 bits per heavy atom. The number of fused-ring (bicyclic) bond motifs is 3. The number of benzene rings is 1. The van der Waals surface area contributed by atoms with Crippen molar-refractivity contribution in [1.82, 2.24) is 4.52 Å². The fraction of sp³-hybridized carbons (Fsp3) is 0.393. The van der Waals surface area contributed by atoms with Gasteiger partial charge in [-0.25, -0.2) is 0 Å². The van der Waals surface area contributed by atoms with Crippen molar-refractivity contribution in [1.29, 1.82) is 0 Å². The standard InChI is InChI=1S/C24H28N4.C4H10/c1-3-4-15-26-20-10-7-19(8-11-20)9-12-21-17-18(2)24-22(13-14-25)23-6-5-16-27(23)28(21)24;1-3-4-2/h5-12,16-17H,3-4,13-15,25H2,1-2H3;3-4H2,1-2H3/p+1. The molecule has 0 spiro atoms. The molecule has 1 aliphatic heterocycles. The van der Waals surface area contributed by atoms with E-state index in [-0.39, 0.29) is 0 Å². The van der Waals surface area contributed by atoms with Gasteiger partial charge < -0.3 is 11.1 Å². The average molecular weight is 432 g/mol. The fourth-order valence-corrected chi connectivity index (χ4v) is 3.97. The van der Waals surface area contributed by atoms with E-state index in [9.17, 15) is 0 Å². The molecule has 0 atom stereocenters. The molecule has 1 aliphatic rings. The Morgan fingerprint density at radius 1 is 1.03 bits per heavy atom. The summed E-state index contributed by atoms with van der Waals surface area (Å²) in [5.74, 6) is 0. The van der Waals surface area contributed by atoms with Gasteiger partial charge in [0.15, 0.2) is 0 Å². The highest BCUT2D eigenvalue weighted by molar-refractivity contribution is 5.75. The van der Waals surface area contributed by atoms with Gasteiger partial charge in [0.05, 0.1) is 5.56 Å². The van der Waals surface area contributed by atoms with Crippen LogP contribution in [0.4, 0.5) is 5.69 Å². The molecule has 0 saturated carbocycles. The first-order valence-corrected chi connectivity index (χ1v) is 12.1. The minimum absolute atomic E-state index is 0.662. The Labute approximate surface area is 193 Å². The van der Waals surface area contributed by atoms with E-state index in [0.717, 1.165) is 13.0 Å². The number of allylic oxidation sites excluding steroid dienone is 1. The van der Waals surface area contributed by atoms with Crippen molar-refractivity contribution in [2.75, 3.05) is 18.4 Å². The number of rotatable bonds is 9. The van der Waals surface area contributed by atoms with Crippen LogP contribution in [-0.2, 0) is 6.42 Å². The zero-order chi connectivity index (χ0) is 22.9. The number of anilines is 1. The van der Waals surface area contributed by atoms with Gasteiger partial charge in [-0.05, 0) is 61.7 Å². The van der Waals surface area contributed by atoms with Gasteiger partial charge in [0.25, 0.3) is 0 Å². The largest absolute Gasteiger partial charge is 0.385 e. The third-order valence-corrected chi connectivity index (χ3v) is 5.84. The lowest BCUT2D eigenvalue weighted by atomic mass is 10.1. The first-order valence-electron chi connectivity index (χ1n) is 12.1. The van der Waals surface area contributed by atoms with Crippen molar-refractivity contribution in [3.63, 3.8) is 0 Å². The minimum atomic E-state index is 0.662. The van der Waals surface area contributed by atoms with Crippen LogP contribution in [0.5, 0.6) is 0 Å². The first kappa shape index (κ1) is 23.8. The average Bonchev–Trinajstić information content (AvgIpc) is 3.48. The van der Waals surface area contributed by atoms with Crippen LogP contribution in [0.15, 0.2) is 36.4 Å². The van der Waals surface area contributed by atoms with Gasteiger partial charge in [-0.2, -0.15) is 0 Å². The molecule has 0 unspecified atom stereocenters. The molecular weight excluding hydrogens is 392 g/mol. The van der Waals surface area contributed by atoms with Crippen LogP contribution >= 0.6 is 0 Å². The van der Waals surface area contributed by atoms with E-state index in [1.54, 1.807) is 0 Å². The Bertz CT molecular complexity index is 1120. The number of nitrogens with two attached hydrogens (primary N) is 1. The van der Waals surface area contributed by atoms with E-state index >= 15 is 0 Å². The monoisotopic (exact) mass is 431 g/mol. The summed E-state index contributed by atoms with van der Waals surface area (Å²) >= 11 is 0. The Balaban J connectivity index is 0.000000668. The highest BCUT2D eigenvalue weighted by Gasteiger charge is 2.26. The third-order valence-electron chi connectivity index (χ3n) is 5.84. The van der Waals surface area contributed by atoms with Crippen LogP contribution in [0.1, 0.15) is 74.5 Å². The summed E-state index contributed by atoms with van der Waals surface area (Å²) in [5.41, 5.74) is 14.6. The van der Waals surface area contributed by atoms with Crippen LogP contribution in [0, 0.1) is 13.1 Å². The Hall–Kier alpha value is -2.85. The van der Waals surface area contributed by atoms with Crippen LogP contribution in [-0.4, -0.2) is 17.6 Å². The van der Waals surface area contributed by atoms with Gasteiger partial charge >= 0.3 is 0 Å². The van der Waals surface area contributed by atoms with Crippen molar-refractivity contribution >= 4 is 29.4 Å². The zero-order valence-electron chi connectivity index (χ0n) is 20.2. The molecule has 170 valence electrons. The number of unbranched alkanes of at least 4 members (excludes halogenated alkanes) is 2. The number of nitrogens with one attached hydrogen (secondary N) is 1. The molecule has 4 heteroatoms. The predicted octanol–water partition coefficient (Wildman–Crippen LogP) is 5.98. The van der Waals surface area contributed by atoms with Gasteiger partial charge in [-0.1, -0.05) is 62.6 Å². The van der Waals surface area contributed by atoms with Crippen molar-refractivity contribution in [3.05, 3.63) is 70.7 Å². The predicted molar refractivity (Wildman–Crippen MR) is 139 cm³/mol. The molecule has 0 saturated heterocycles. The molecule has 3 N–H and O–H groups in total. The number of nitrogens with zero attached hydrogens (tertiary/aromatic N) is 2. The van der Waals surface area contributed by atoms with Crippen molar-refractivity contribution in [3.8, 4) is 0 Å². The van der Waals surface area contributed by atoms with Gasteiger partial charge in [-0.3, -0.25) is 0 Å². The maximum absolute atomic E-state index is 5.87. The summed E-state index contributed by atoms with van der Waals surface area (Å²) in [6, 6.07) is 10.9. The lowest BCUT2D eigenvalue weighted by molar-refractivity contribution is -0.583. The van der Waals surface area contributed by atoms with E-state index in [4.69, 9.17) is 5.73 Å². The highest BCUT2D eigenvalue weighted by Crippen LogP contribution is 2.25. The summed E-state index contributed by atoms with van der Waals surface area (Å²) < 4.78 is 4.53. The SMILES string of the molecule is CCCC.CCCCNc1ccc(/C=C/c2cc(C)c3c(CCN)c4[n+](n23)=CC=C4)cc1. The second-order valence-corrected chi connectivity index (χ2v) is 8.40. The summed E-state index contributed by atoms with van der Waals surface area (Å²) in [4.78, 5) is 0. The highest BCUT2D eigenvalue weighted by atomic mass is 15.3. The summed E-state index contributed by atoms with van der Waals surface area (Å²) in [5, 5.41) is 3.46. The van der Waals surface area contributed by atoms with Crippen LogP contribution < -0.4 is 15.4 Å². The molecule has 4 rings (SSSR count). The van der Waals surface area contributed by atoms with Crippen LogP contribution in [0.3, 0.4) is 0 Å². The molecule has 0 radical (unpaired) electrons. The van der Waals surface area contributed by atoms with Gasteiger partial charge in [-0.15, -0.1) is 4.52 Å². The molecule has 32 heavy (non-hydrogen) atoms. The maximum atomic E-state index is 5.87. The van der Waals surface area contributed by atoms with Crippen molar-refractivity contribution in [2.24, 2.45) is 5.73 Å². The topological polar surface area (TPSA) is 48.4 Å². The smallest absolute Gasteiger partial charge is 0.242 e. The zero-order valence-corrected chi connectivity index (χ0v) is 20.2. The fourth-order valence-electron chi connectivity index (χ4n) is 3.97. The molecule has 0 aliphatic carbocycles. The Morgan fingerprint density at radius 2 is 1.78 bits per heavy atom. The molecule has 0 bridgehead atoms. The first-order chi connectivity index (χ1) is 15.6. The molecule has 3 aromatic rings. The minimum Gasteiger partial charge on any atom is -0.385 e. The summed E-state index contributed by atoms with van der Waals surface area (Å²) in [6.07, 6.45) is 16.7.